The maximum absolute atomic E-state index is 6.83. The van der Waals surface area contributed by atoms with Gasteiger partial charge in [0.05, 0.1) is 11.1 Å². The minimum absolute atomic E-state index is 0.665. The maximum Gasteiger partial charge on any atom is 0.193 e. The van der Waals surface area contributed by atoms with E-state index in [0.717, 1.165) is 50.5 Å². The minimum Gasteiger partial charge on any atom is -0.453 e. The molecule has 0 amide bonds. The Morgan fingerprint density at radius 2 is 0.765 bits per heavy atom. The summed E-state index contributed by atoms with van der Waals surface area (Å²) in [5, 5.41) is 6.97. The molecule has 0 aromatic heterocycles. The number of hydrogen-bond acceptors (Lipinski definition) is 3. The third kappa shape index (κ3) is 5.15. The first-order valence-electron chi connectivity index (χ1n) is 17.2. The quantitative estimate of drug-likeness (QED) is 0.184. The highest BCUT2D eigenvalue weighted by molar-refractivity contribution is 5.96. The maximum atomic E-state index is 6.83. The molecule has 3 heteroatoms. The molecule has 10 rings (SSSR count). The van der Waals surface area contributed by atoms with Crippen LogP contribution in [0.3, 0.4) is 0 Å². The summed E-state index contributed by atoms with van der Waals surface area (Å²) in [4.78, 5) is 2.26. The molecule has 9 aromatic carbocycles. The highest BCUT2D eigenvalue weighted by Crippen LogP contribution is 2.52. The molecule has 51 heavy (non-hydrogen) atoms. The van der Waals surface area contributed by atoms with Crippen LogP contribution in [0.2, 0.25) is 0 Å². The van der Waals surface area contributed by atoms with E-state index < -0.39 is 0 Å². The minimum atomic E-state index is 0.665. The third-order valence-corrected chi connectivity index (χ3v) is 9.88. The van der Waals surface area contributed by atoms with Crippen LogP contribution < -0.4 is 14.4 Å². The SMILES string of the molecule is c1cc2c(c(N(c3ccc(-c4ccc5ccccc5c4)cc3)c3ccc(-c4ccc5ccccc5c4)cc3)c1)Oc1cccc3cccc(c13)O2. The van der Waals surface area contributed by atoms with Gasteiger partial charge in [-0.25, -0.2) is 0 Å². The van der Waals surface area contributed by atoms with Gasteiger partial charge in [0.25, 0.3) is 0 Å². The number of anilines is 3. The van der Waals surface area contributed by atoms with Crippen LogP contribution in [-0.4, -0.2) is 0 Å². The Hall–Kier alpha value is -6.84. The summed E-state index contributed by atoms with van der Waals surface area (Å²) in [6.45, 7) is 0. The van der Waals surface area contributed by atoms with Crippen LogP contribution in [0.1, 0.15) is 0 Å². The topological polar surface area (TPSA) is 21.7 Å². The van der Waals surface area contributed by atoms with Gasteiger partial charge in [0, 0.05) is 11.4 Å². The van der Waals surface area contributed by atoms with Crippen LogP contribution in [0, 0.1) is 0 Å². The van der Waals surface area contributed by atoms with Crippen molar-refractivity contribution in [2.45, 2.75) is 0 Å². The van der Waals surface area contributed by atoms with E-state index >= 15 is 0 Å². The zero-order chi connectivity index (χ0) is 33.7. The van der Waals surface area contributed by atoms with Gasteiger partial charge in [-0.2, -0.15) is 0 Å². The van der Waals surface area contributed by atoms with E-state index in [9.17, 15) is 0 Å². The molecule has 1 heterocycles. The molecule has 0 aliphatic carbocycles. The Morgan fingerprint density at radius 1 is 0.314 bits per heavy atom. The Balaban J connectivity index is 1.10. The lowest BCUT2D eigenvalue weighted by molar-refractivity contribution is 0.440. The number of para-hydroxylation sites is 1. The lowest BCUT2D eigenvalue weighted by Crippen LogP contribution is -2.11. The lowest BCUT2D eigenvalue weighted by atomic mass is 10.00. The summed E-state index contributed by atoms with van der Waals surface area (Å²) in [5.41, 5.74) is 7.58. The van der Waals surface area contributed by atoms with Crippen molar-refractivity contribution in [3.8, 4) is 45.3 Å². The molecule has 0 spiro atoms. The van der Waals surface area contributed by atoms with Gasteiger partial charge in [-0.1, -0.05) is 127 Å². The molecule has 0 saturated heterocycles. The van der Waals surface area contributed by atoms with E-state index in [4.69, 9.17) is 9.47 Å². The molecule has 0 saturated carbocycles. The van der Waals surface area contributed by atoms with Gasteiger partial charge in [0.2, 0.25) is 0 Å². The summed E-state index contributed by atoms with van der Waals surface area (Å²) in [6.07, 6.45) is 0. The fraction of sp³-hybridized carbons (Fsp3) is 0. The highest BCUT2D eigenvalue weighted by atomic mass is 16.5. The fourth-order valence-corrected chi connectivity index (χ4v) is 7.31. The van der Waals surface area contributed by atoms with Crippen molar-refractivity contribution in [1.29, 1.82) is 0 Å². The van der Waals surface area contributed by atoms with E-state index in [0.29, 0.717) is 11.5 Å². The lowest BCUT2D eigenvalue weighted by Gasteiger charge is -2.28. The number of ether oxygens (including phenoxy) is 2. The number of nitrogens with zero attached hydrogens (tertiary/aromatic N) is 1. The van der Waals surface area contributed by atoms with Crippen molar-refractivity contribution in [3.63, 3.8) is 0 Å². The molecule has 9 aromatic rings. The zero-order valence-corrected chi connectivity index (χ0v) is 27.7. The number of rotatable bonds is 5. The standard InChI is InChI=1S/C48H31NO2/c1-3-10-37-30-39(20-18-32(37)8-1)34-22-26-41(27-23-34)49(42-28-24-35(25-29-42)40-21-19-33-9-2-4-11-38(33)31-40)43-14-7-17-46-48(43)51-45-16-6-13-36-12-5-15-44(50-46)47(36)45/h1-31H. The molecule has 0 bridgehead atoms. The predicted molar refractivity (Wildman–Crippen MR) is 211 cm³/mol. The first kappa shape index (κ1) is 29.1. The normalized spacial score (nSPS) is 11.8. The molecule has 0 atom stereocenters. The summed E-state index contributed by atoms with van der Waals surface area (Å²) in [7, 11) is 0. The molecule has 240 valence electrons. The van der Waals surface area contributed by atoms with Gasteiger partial charge in [-0.05, 0) is 110 Å². The average Bonchev–Trinajstić information content (AvgIpc) is 3.36. The highest BCUT2D eigenvalue weighted by Gasteiger charge is 2.25. The van der Waals surface area contributed by atoms with E-state index in [2.05, 4.69) is 157 Å². The number of hydrogen-bond donors (Lipinski definition) is 0. The van der Waals surface area contributed by atoms with Crippen molar-refractivity contribution < 1.29 is 9.47 Å². The second kappa shape index (κ2) is 11.9. The summed E-state index contributed by atoms with van der Waals surface area (Å²) in [5.74, 6) is 2.89. The van der Waals surface area contributed by atoms with Gasteiger partial charge < -0.3 is 14.4 Å². The molecule has 0 fully saturated rings. The van der Waals surface area contributed by atoms with E-state index in [1.807, 2.05) is 36.4 Å². The second-order valence-electron chi connectivity index (χ2n) is 13.0. The van der Waals surface area contributed by atoms with Crippen molar-refractivity contribution in [2.24, 2.45) is 0 Å². The van der Waals surface area contributed by atoms with E-state index in [1.54, 1.807) is 0 Å². The summed E-state index contributed by atoms with van der Waals surface area (Å²) < 4.78 is 13.4. The van der Waals surface area contributed by atoms with E-state index in [-0.39, 0.29) is 0 Å². The van der Waals surface area contributed by atoms with Gasteiger partial charge >= 0.3 is 0 Å². The molecule has 1 aliphatic heterocycles. The Labute approximate surface area is 296 Å². The molecule has 0 radical (unpaired) electrons. The van der Waals surface area contributed by atoms with Crippen LogP contribution in [0.15, 0.2) is 188 Å². The van der Waals surface area contributed by atoms with Crippen molar-refractivity contribution in [3.05, 3.63) is 188 Å². The Bertz CT molecular complexity index is 2620. The molecule has 0 unspecified atom stereocenters. The Morgan fingerprint density at radius 3 is 1.33 bits per heavy atom. The van der Waals surface area contributed by atoms with Gasteiger partial charge in [0.15, 0.2) is 11.5 Å². The monoisotopic (exact) mass is 653 g/mol. The molecular weight excluding hydrogens is 623 g/mol. The van der Waals surface area contributed by atoms with Gasteiger partial charge in [-0.15, -0.1) is 0 Å². The summed E-state index contributed by atoms with van der Waals surface area (Å²) in [6, 6.07) is 66.2. The molecule has 1 aliphatic rings. The third-order valence-electron chi connectivity index (χ3n) is 9.88. The van der Waals surface area contributed by atoms with E-state index in [1.165, 1.54) is 32.7 Å². The second-order valence-corrected chi connectivity index (χ2v) is 13.0. The Kier molecular flexibility index (Phi) is 6.81. The first-order chi connectivity index (χ1) is 25.2. The van der Waals surface area contributed by atoms with Crippen molar-refractivity contribution in [1.82, 2.24) is 0 Å². The van der Waals surface area contributed by atoms with Crippen LogP contribution in [0.4, 0.5) is 17.1 Å². The average molecular weight is 654 g/mol. The van der Waals surface area contributed by atoms with Crippen molar-refractivity contribution >= 4 is 49.4 Å². The molecular formula is C48H31NO2. The van der Waals surface area contributed by atoms with Crippen LogP contribution in [0.5, 0.6) is 23.0 Å². The first-order valence-corrected chi connectivity index (χ1v) is 17.2. The molecule has 3 nitrogen and oxygen atoms in total. The number of benzene rings is 9. The number of fused-ring (bicyclic) bond motifs is 3. The largest absolute Gasteiger partial charge is 0.453 e. The fourth-order valence-electron chi connectivity index (χ4n) is 7.31. The smallest absolute Gasteiger partial charge is 0.193 e. The van der Waals surface area contributed by atoms with Crippen LogP contribution in [-0.2, 0) is 0 Å². The predicted octanol–water partition coefficient (Wildman–Crippen LogP) is 13.8. The van der Waals surface area contributed by atoms with Gasteiger partial charge in [-0.3, -0.25) is 0 Å². The molecule has 0 N–H and O–H groups in total. The van der Waals surface area contributed by atoms with Gasteiger partial charge in [0.1, 0.15) is 11.5 Å². The van der Waals surface area contributed by atoms with Crippen LogP contribution >= 0.6 is 0 Å². The summed E-state index contributed by atoms with van der Waals surface area (Å²) >= 11 is 0. The van der Waals surface area contributed by atoms with Crippen LogP contribution in [0.25, 0.3) is 54.6 Å². The zero-order valence-electron chi connectivity index (χ0n) is 27.7. The van der Waals surface area contributed by atoms with Crippen molar-refractivity contribution in [2.75, 3.05) is 4.90 Å².